The average molecular weight is 136 g/mol. The van der Waals surface area contributed by atoms with Gasteiger partial charge >= 0.3 is 0 Å². The molecule has 1 aromatic rings. The van der Waals surface area contributed by atoms with E-state index in [9.17, 15) is 4.79 Å². The van der Waals surface area contributed by atoms with Crippen molar-refractivity contribution in [3.63, 3.8) is 0 Å². The molecule has 0 atom stereocenters. The first-order valence-electron chi connectivity index (χ1n) is 2.71. The Morgan fingerprint density at radius 2 is 2.50 bits per heavy atom. The predicted molar refractivity (Wildman–Crippen MR) is 34.1 cm³/mol. The maximum absolute atomic E-state index is 10.5. The highest BCUT2D eigenvalue weighted by Gasteiger charge is 2.00. The van der Waals surface area contributed by atoms with Gasteiger partial charge in [-0.3, -0.25) is 4.79 Å². The summed E-state index contributed by atoms with van der Waals surface area (Å²) in [5.74, 6) is -0.0574. The van der Waals surface area contributed by atoms with Crippen LogP contribution in [0.25, 0.3) is 0 Å². The van der Waals surface area contributed by atoms with Gasteiger partial charge in [0.15, 0.2) is 0 Å². The summed E-state index contributed by atoms with van der Waals surface area (Å²) in [4.78, 5) is 17.9. The molecule has 0 spiro atoms. The van der Waals surface area contributed by atoms with Gasteiger partial charge in [0.1, 0.15) is 11.5 Å². The molecule has 0 aliphatic rings. The van der Waals surface area contributed by atoms with E-state index in [0.29, 0.717) is 5.82 Å². The Bertz CT molecular complexity index is 259. The highest BCUT2D eigenvalue weighted by Crippen LogP contribution is 1.90. The molecule has 1 heterocycles. The molecular formula is C6H6N3O. The third-order valence-electron chi connectivity index (χ3n) is 0.960. The van der Waals surface area contributed by atoms with Crippen LogP contribution in [0.3, 0.4) is 0 Å². The molecule has 0 aromatic carbocycles. The third-order valence-corrected chi connectivity index (χ3v) is 0.960. The standard InChI is InChI=1S/C6H6N3O/c1-4-8-3-2-5(9-4)6(7)10/h3H,1H3,(H2,7,10). The first-order valence-corrected chi connectivity index (χ1v) is 2.71. The molecule has 1 rings (SSSR count). The van der Waals surface area contributed by atoms with E-state index in [1.54, 1.807) is 6.92 Å². The lowest BCUT2D eigenvalue weighted by Crippen LogP contribution is -2.13. The number of aromatic nitrogens is 2. The van der Waals surface area contributed by atoms with E-state index in [-0.39, 0.29) is 5.69 Å². The van der Waals surface area contributed by atoms with Gasteiger partial charge in [0, 0.05) is 12.3 Å². The summed E-state index contributed by atoms with van der Waals surface area (Å²) in [6.45, 7) is 1.68. The van der Waals surface area contributed by atoms with Crippen molar-refractivity contribution in [3.8, 4) is 0 Å². The van der Waals surface area contributed by atoms with Gasteiger partial charge in [-0.1, -0.05) is 0 Å². The molecule has 0 saturated heterocycles. The van der Waals surface area contributed by atoms with E-state index < -0.39 is 5.91 Å². The average Bonchev–Trinajstić information content (AvgIpc) is 1.88. The molecule has 4 heteroatoms. The maximum atomic E-state index is 10.5. The van der Waals surface area contributed by atoms with E-state index in [0.717, 1.165) is 0 Å². The summed E-state index contributed by atoms with van der Waals surface area (Å²) in [7, 11) is 0. The van der Waals surface area contributed by atoms with Gasteiger partial charge in [-0.15, -0.1) is 0 Å². The Morgan fingerprint density at radius 1 is 1.80 bits per heavy atom. The number of nitrogens with zero attached hydrogens (tertiary/aromatic N) is 2. The van der Waals surface area contributed by atoms with Gasteiger partial charge in [-0.05, 0) is 6.92 Å². The van der Waals surface area contributed by atoms with Gasteiger partial charge in [-0.25, -0.2) is 9.97 Å². The lowest BCUT2D eigenvalue weighted by Gasteiger charge is -1.92. The SMILES string of the molecule is Cc1nc[c]c(C(N)=O)n1. The molecule has 0 unspecified atom stereocenters. The molecule has 4 nitrogen and oxygen atoms in total. The largest absolute Gasteiger partial charge is 0.364 e. The van der Waals surface area contributed by atoms with Gasteiger partial charge < -0.3 is 5.73 Å². The minimum absolute atomic E-state index is 0.132. The van der Waals surface area contributed by atoms with Crippen molar-refractivity contribution in [2.75, 3.05) is 0 Å². The number of nitrogens with two attached hydrogens (primary N) is 1. The number of aryl methyl sites for hydroxylation is 1. The predicted octanol–water partition coefficient (Wildman–Crippen LogP) is -0.316. The number of primary amides is 1. The first kappa shape index (κ1) is 6.67. The normalized spacial score (nSPS) is 9.30. The fourth-order valence-electron chi connectivity index (χ4n) is 0.536. The molecule has 0 aliphatic heterocycles. The molecule has 10 heavy (non-hydrogen) atoms. The molecule has 0 saturated carbocycles. The Hall–Kier alpha value is -1.45. The minimum Gasteiger partial charge on any atom is -0.364 e. The van der Waals surface area contributed by atoms with Gasteiger partial charge in [0.2, 0.25) is 0 Å². The molecule has 0 aliphatic carbocycles. The van der Waals surface area contributed by atoms with Crippen molar-refractivity contribution in [2.45, 2.75) is 6.92 Å². The molecule has 51 valence electrons. The van der Waals surface area contributed by atoms with Crippen LogP contribution < -0.4 is 5.73 Å². The van der Waals surface area contributed by atoms with E-state index in [2.05, 4.69) is 16.0 Å². The van der Waals surface area contributed by atoms with Crippen LogP contribution in [0.1, 0.15) is 16.3 Å². The van der Waals surface area contributed by atoms with Gasteiger partial charge in [0.05, 0.1) is 0 Å². The molecule has 2 N–H and O–H groups in total. The van der Waals surface area contributed by atoms with Crippen LogP contribution in [0.5, 0.6) is 0 Å². The van der Waals surface area contributed by atoms with E-state index in [1.807, 2.05) is 0 Å². The lowest BCUT2D eigenvalue weighted by atomic mass is 10.4. The summed E-state index contributed by atoms with van der Waals surface area (Å²) in [5.41, 5.74) is 5.05. The summed E-state index contributed by atoms with van der Waals surface area (Å²) < 4.78 is 0. The topological polar surface area (TPSA) is 68.9 Å². The quantitative estimate of drug-likeness (QED) is 0.575. The number of hydrogen-bond acceptors (Lipinski definition) is 3. The third kappa shape index (κ3) is 1.28. The summed E-state index contributed by atoms with van der Waals surface area (Å²) in [6.07, 6.45) is 1.38. The zero-order valence-corrected chi connectivity index (χ0v) is 5.46. The van der Waals surface area contributed by atoms with Gasteiger partial charge in [0.25, 0.3) is 5.91 Å². The summed E-state index contributed by atoms with van der Waals surface area (Å²) >= 11 is 0. The first-order chi connectivity index (χ1) is 4.70. The van der Waals surface area contributed by atoms with Crippen molar-refractivity contribution in [2.24, 2.45) is 5.73 Å². The number of hydrogen-bond donors (Lipinski definition) is 1. The van der Waals surface area contributed by atoms with Gasteiger partial charge in [-0.2, -0.15) is 0 Å². The zero-order chi connectivity index (χ0) is 7.56. The van der Waals surface area contributed by atoms with Crippen molar-refractivity contribution < 1.29 is 4.79 Å². The van der Waals surface area contributed by atoms with Crippen LogP contribution in [0.4, 0.5) is 0 Å². The number of carbonyl (C=O) groups is 1. The van der Waals surface area contributed by atoms with E-state index in [4.69, 9.17) is 5.73 Å². The van der Waals surface area contributed by atoms with Crippen LogP contribution in [0.2, 0.25) is 0 Å². The molecule has 1 amide bonds. The fourth-order valence-corrected chi connectivity index (χ4v) is 0.536. The minimum atomic E-state index is -0.578. The highest BCUT2D eigenvalue weighted by molar-refractivity contribution is 5.90. The number of rotatable bonds is 1. The second kappa shape index (κ2) is 2.43. The van der Waals surface area contributed by atoms with Crippen LogP contribution in [-0.2, 0) is 0 Å². The van der Waals surface area contributed by atoms with Crippen LogP contribution >= 0.6 is 0 Å². The summed E-state index contributed by atoms with van der Waals surface area (Å²) in [5, 5.41) is 0. The van der Waals surface area contributed by atoms with Crippen LogP contribution in [0.15, 0.2) is 6.20 Å². The van der Waals surface area contributed by atoms with Crippen molar-refractivity contribution >= 4 is 5.91 Å². The lowest BCUT2D eigenvalue weighted by molar-refractivity contribution is 0.0995. The Labute approximate surface area is 58.1 Å². The molecule has 1 radical (unpaired) electrons. The van der Waals surface area contributed by atoms with Crippen molar-refractivity contribution in [3.05, 3.63) is 23.8 Å². The Balaban J connectivity index is 3.07. The second-order valence-corrected chi connectivity index (χ2v) is 1.77. The van der Waals surface area contributed by atoms with E-state index >= 15 is 0 Å². The number of carbonyl (C=O) groups excluding carboxylic acids is 1. The Morgan fingerprint density at radius 3 is 2.90 bits per heavy atom. The smallest absolute Gasteiger partial charge is 0.268 e. The summed E-state index contributed by atoms with van der Waals surface area (Å²) in [6, 6.07) is 2.51. The fraction of sp³-hybridized carbons (Fsp3) is 0.167. The maximum Gasteiger partial charge on any atom is 0.268 e. The van der Waals surface area contributed by atoms with E-state index in [1.165, 1.54) is 6.20 Å². The number of amides is 1. The van der Waals surface area contributed by atoms with Crippen molar-refractivity contribution in [1.29, 1.82) is 0 Å². The highest BCUT2D eigenvalue weighted by atomic mass is 16.1. The molecule has 0 fully saturated rings. The van der Waals surface area contributed by atoms with Crippen LogP contribution in [0, 0.1) is 13.0 Å². The molecule has 1 aromatic heterocycles. The monoisotopic (exact) mass is 136 g/mol. The Kier molecular flexibility index (Phi) is 1.62. The zero-order valence-electron chi connectivity index (χ0n) is 5.46. The van der Waals surface area contributed by atoms with Crippen molar-refractivity contribution in [1.82, 2.24) is 9.97 Å². The molecule has 0 bridgehead atoms. The van der Waals surface area contributed by atoms with Crippen LogP contribution in [-0.4, -0.2) is 15.9 Å². The molecular weight excluding hydrogens is 130 g/mol. The second-order valence-electron chi connectivity index (χ2n) is 1.77.